The monoisotopic (exact) mass is 455 g/mol. The molecule has 1 heterocycles. The van der Waals surface area contributed by atoms with Crippen LogP contribution in [0.4, 0.5) is 5.13 Å². The van der Waals surface area contributed by atoms with Crippen molar-refractivity contribution in [1.29, 1.82) is 0 Å². The lowest BCUT2D eigenvalue weighted by molar-refractivity contribution is -0.118. The fourth-order valence-corrected chi connectivity index (χ4v) is 5.46. The molecule has 0 atom stereocenters. The second-order valence-electron chi connectivity index (χ2n) is 8.56. The number of aromatic nitrogens is 1. The molecule has 0 saturated carbocycles. The Balaban J connectivity index is 1.83. The number of benzene rings is 2. The van der Waals surface area contributed by atoms with Gasteiger partial charge in [0.25, 0.3) is 0 Å². The van der Waals surface area contributed by atoms with Gasteiger partial charge in [0.05, 0.1) is 16.6 Å². The Morgan fingerprint density at radius 1 is 1.03 bits per heavy atom. The summed E-state index contributed by atoms with van der Waals surface area (Å²) in [5.41, 5.74) is 4.43. The Hall–Kier alpha value is -1.89. The third-order valence-electron chi connectivity index (χ3n) is 5.10. The van der Waals surface area contributed by atoms with E-state index in [2.05, 4.69) is 83.1 Å². The number of nitrogens with zero attached hydrogens (tertiary/aromatic N) is 3. The summed E-state index contributed by atoms with van der Waals surface area (Å²) in [6, 6.07) is 12.6. The van der Waals surface area contributed by atoms with Crippen molar-refractivity contribution < 1.29 is 4.79 Å². The van der Waals surface area contributed by atoms with Crippen LogP contribution >= 0.6 is 23.1 Å². The first-order valence-corrected chi connectivity index (χ1v) is 12.5. The summed E-state index contributed by atoms with van der Waals surface area (Å²) in [6.45, 7) is 10.2. The van der Waals surface area contributed by atoms with Crippen molar-refractivity contribution in [2.75, 3.05) is 32.1 Å². The molecule has 0 bridgehead atoms. The molecule has 0 aliphatic heterocycles. The number of fused-ring (bicyclic) bond motifs is 1. The molecule has 6 heteroatoms. The zero-order valence-electron chi connectivity index (χ0n) is 19.4. The highest BCUT2D eigenvalue weighted by molar-refractivity contribution is 7.99. The molecule has 0 radical (unpaired) electrons. The minimum Gasteiger partial charge on any atom is -0.309 e. The van der Waals surface area contributed by atoms with E-state index in [9.17, 15) is 4.79 Å². The normalized spacial score (nSPS) is 11.6. The summed E-state index contributed by atoms with van der Waals surface area (Å²) < 4.78 is 1.18. The van der Waals surface area contributed by atoms with E-state index in [0.717, 1.165) is 34.7 Å². The van der Waals surface area contributed by atoms with Crippen LogP contribution in [0.3, 0.4) is 0 Å². The molecule has 31 heavy (non-hydrogen) atoms. The fraction of sp³-hybridized carbons (Fsp3) is 0.440. The van der Waals surface area contributed by atoms with Gasteiger partial charge >= 0.3 is 0 Å². The van der Waals surface area contributed by atoms with Crippen molar-refractivity contribution >= 4 is 44.4 Å². The Labute approximate surface area is 194 Å². The van der Waals surface area contributed by atoms with E-state index in [4.69, 9.17) is 4.98 Å². The molecular weight excluding hydrogens is 422 g/mol. The molecule has 2 aromatic carbocycles. The number of aryl methyl sites for hydroxylation is 2. The Bertz CT molecular complexity index is 986. The van der Waals surface area contributed by atoms with Crippen LogP contribution in [0.25, 0.3) is 10.2 Å². The number of amides is 1. The summed E-state index contributed by atoms with van der Waals surface area (Å²) in [5.74, 6) is 0.109. The van der Waals surface area contributed by atoms with Gasteiger partial charge in [0, 0.05) is 16.7 Å². The number of thioether (sulfide) groups is 1. The molecule has 0 aliphatic carbocycles. The van der Waals surface area contributed by atoms with Crippen LogP contribution in [-0.2, 0) is 11.2 Å². The number of hydrogen-bond donors (Lipinski definition) is 0. The Morgan fingerprint density at radius 3 is 2.32 bits per heavy atom. The number of carbonyl (C=O) groups excluding carboxylic acids is 1. The van der Waals surface area contributed by atoms with Crippen LogP contribution in [0, 0.1) is 13.8 Å². The van der Waals surface area contributed by atoms with E-state index >= 15 is 0 Å². The van der Waals surface area contributed by atoms with Gasteiger partial charge in [-0.25, -0.2) is 4.98 Å². The number of carbonyl (C=O) groups is 1. The van der Waals surface area contributed by atoms with Gasteiger partial charge in [-0.2, -0.15) is 0 Å². The maximum Gasteiger partial charge on any atom is 0.233 e. The third kappa shape index (κ3) is 6.31. The zero-order valence-corrected chi connectivity index (χ0v) is 21.1. The van der Waals surface area contributed by atoms with E-state index in [1.54, 1.807) is 11.3 Å². The van der Waals surface area contributed by atoms with Gasteiger partial charge in [0.15, 0.2) is 5.13 Å². The maximum absolute atomic E-state index is 13.4. The van der Waals surface area contributed by atoms with E-state index in [0.29, 0.717) is 18.2 Å². The third-order valence-corrected chi connectivity index (χ3v) is 7.33. The Kier molecular flexibility index (Phi) is 8.14. The van der Waals surface area contributed by atoms with Gasteiger partial charge in [0.2, 0.25) is 5.91 Å². The van der Waals surface area contributed by atoms with Crippen molar-refractivity contribution in [2.45, 2.75) is 50.7 Å². The van der Waals surface area contributed by atoms with Crippen LogP contribution in [0.2, 0.25) is 0 Å². The van der Waals surface area contributed by atoms with Crippen LogP contribution in [-0.4, -0.2) is 48.2 Å². The summed E-state index contributed by atoms with van der Waals surface area (Å²) in [6.07, 6.45) is 1.30. The number of rotatable bonds is 9. The lowest BCUT2D eigenvalue weighted by Gasteiger charge is -2.21. The number of thiazole rings is 1. The van der Waals surface area contributed by atoms with E-state index in [-0.39, 0.29) is 5.91 Å². The molecule has 0 aliphatic rings. The fourth-order valence-electron chi connectivity index (χ4n) is 3.46. The molecule has 0 N–H and O–H groups in total. The number of hydrogen-bond acceptors (Lipinski definition) is 5. The van der Waals surface area contributed by atoms with E-state index < -0.39 is 0 Å². The molecule has 0 fully saturated rings. The van der Waals surface area contributed by atoms with Crippen LogP contribution in [0.5, 0.6) is 0 Å². The average molecular weight is 456 g/mol. The molecule has 0 saturated heterocycles. The largest absolute Gasteiger partial charge is 0.309 e. The maximum atomic E-state index is 13.4. The van der Waals surface area contributed by atoms with Crippen LogP contribution < -0.4 is 4.90 Å². The standard InChI is InChI=1S/C25H33N3OS2/c1-17(2)30-21-12-10-20(11-13-21)16-22(29)28(15-7-14-27(5)6)25-26-23-18(3)8-9-19(4)24(23)31-25/h8-13,17H,7,14-16H2,1-6H3. The van der Waals surface area contributed by atoms with E-state index in [1.165, 1.54) is 15.2 Å². The highest BCUT2D eigenvalue weighted by atomic mass is 32.2. The molecule has 166 valence electrons. The van der Waals surface area contributed by atoms with Crippen LogP contribution in [0.15, 0.2) is 41.3 Å². The summed E-state index contributed by atoms with van der Waals surface area (Å²) in [5, 5.41) is 1.36. The number of anilines is 1. The molecule has 1 amide bonds. The molecule has 3 aromatic rings. The van der Waals surface area contributed by atoms with Gasteiger partial charge in [-0.1, -0.05) is 49.4 Å². The predicted molar refractivity (Wildman–Crippen MR) is 136 cm³/mol. The van der Waals surface area contributed by atoms with Gasteiger partial charge in [-0.15, -0.1) is 11.8 Å². The lowest BCUT2D eigenvalue weighted by atomic mass is 10.1. The van der Waals surface area contributed by atoms with Crippen molar-refractivity contribution in [3.8, 4) is 0 Å². The molecule has 0 spiro atoms. The lowest BCUT2D eigenvalue weighted by Crippen LogP contribution is -2.34. The second-order valence-corrected chi connectivity index (χ2v) is 11.2. The minimum absolute atomic E-state index is 0.109. The first-order valence-electron chi connectivity index (χ1n) is 10.8. The van der Waals surface area contributed by atoms with Gasteiger partial charge < -0.3 is 4.90 Å². The topological polar surface area (TPSA) is 36.4 Å². The van der Waals surface area contributed by atoms with Gasteiger partial charge in [-0.05, 0) is 69.7 Å². The smallest absolute Gasteiger partial charge is 0.233 e. The first kappa shape index (κ1) is 23.8. The quantitative estimate of drug-likeness (QED) is 0.374. The average Bonchev–Trinajstić information content (AvgIpc) is 3.15. The second kappa shape index (κ2) is 10.6. The van der Waals surface area contributed by atoms with Gasteiger partial charge in [0.1, 0.15) is 0 Å². The van der Waals surface area contributed by atoms with Crippen molar-refractivity contribution in [3.63, 3.8) is 0 Å². The molecule has 4 nitrogen and oxygen atoms in total. The predicted octanol–water partition coefficient (Wildman–Crippen LogP) is 5.94. The minimum atomic E-state index is 0.109. The Morgan fingerprint density at radius 2 is 1.71 bits per heavy atom. The zero-order chi connectivity index (χ0) is 22.5. The summed E-state index contributed by atoms with van der Waals surface area (Å²) in [7, 11) is 4.13. The highest BCUT2D eigenvalue weighted by Gasteiger charge is 2.21. The molecule has 3 rings (SSSR count). The molecule has 0 unspecified atom stereocenters. The van der Waals surface area contributed by atoms with Gasteiger partial charge in [-0.3, -0.25) is 9.69 Å². The molecule has 1 aromatic heterocycles. The molecular formula is C25H33N3OS2. The summed E-state index contributed by atoms with van der Waals surface area (Å²) >= 11 is 3.47. The highest BCUT2D eigenvalue weighted by Crippen LogP contribution is 2.33. The summed E-state index contributed by atoms with van der Waals surface area (Å²) in [4.78, 5) is 23.5. The first-order chi connectivity index (χ1) is 14.7. The van der Waals surface area contributed by atoms with Crippen molar-refractivity contribution in [3.05, 3.63) is 53.1 Å². The van der Waals surface area contributed by atoms with E-state index in [1.807, 2.05) is 16.7 Å². The SMILES string of the molecule is Cc1ccc(C)c2sc(N(CCCN(C)C)C(=O)Cc3ccc(SC(C)C)cc3)nc12. The van der Waals surface area contributed by atoms with Crippen molar-refractivity contribution in [2.24, 2.45) is 0 Å². The van der Waals surface area contributed by atoms with Crippen LogP contribution in [0.1, 0.15) is 37.0 Å². The van der Waals surface area contributed by atoms with Crippen molar-refractivity contribution in [1.82, 2.24) is 9.88 Å².